The Kier molecular flexibility index (Phi) is 7.87. The fourth-order valence-corrected chi connectivity index (χ4v) is 3.52. The number of rotatable bonds is 4. The van der Waals surface area contributed by atoms with Crippen LogP contribution in [0.4, 0.5) is 24.7 Å². The number of aromatic nitrogens is 3. The summed E-state index contributed by atoms with van der Waals surface area (Å²) in [5.41, 5.74) is 3.07. The van der Waals surface area contributed by atoms with Crippen molar-refractivity contribution in [2.24, 2.45) is 0 Å². The number of methoxy groups -OCH3 is 1. The second-order valence-corrected chi connectivity index (χ2v) is 7.51. The molecule has 3 aromatic rings. The lowest BCUT2D eigenvalue weighted by Crippen LogP contribution is -2.52. The Hall–Kier alpha value is -3.89. The Morgan fingerprint density at radius 2 is 1.79 bits per heavy atom. The van der Waals surface area contributed by atoms with E-state index >= 15 is 0 Å². The van der Waals surface area contributed by atoms with E-state index in [-0.39, 0.29) is 0 Å². The number of benzene rings is 1. The second kappa shape index (κ2) is 10.8. The molecule has 1 unspecified atom stereocenters. The Morgan fingerprint density at radius 1 is 1.09 bits per heavy atom. The molecule has 0 amide bonds. The molecule has 1 aliphatic rings. The van der Waals surface area contributed by atoms with Crippen LogP contribution < -0.4 is 14.5 Å². The van der Waals surface area contributed by atoms with Crippen LogP contribution in [0, 0.1) is 0 Å². The van der Waals surface area contributed by atoms with Crippen LogP contribution in [0.15, 0.2) is 60.9 Å². The van der Waals surface area contributed by atoms with Gasteiger partial charge in [0.15, 0.2) is 5.82 Å². The summed E-state index contributed by atoms with van der Waals surface area (Å²) in [5.74, 6) is -1.02. The lowest BCUT2D eigenvalue weighted by molar-refractivity contribution is -0.192. The lowest BCUT2D eigenvalue weighted by atomic mass is 10.1. The van der Waals surface area contributed by atoms with Gasteiger partial charge in [0.05, 0.1) is 12.8 Å². The summed E-state index contributed by atoms with van der Waals surface area (Å²) in [6.45, 7) is 5.02. The summed E-state index contributed by atoms with van der Waals surface area (Å²) in [4.78, 5) is 17.7. The van der Waals surface area contributed by atoms with Gasteiger partial charge in [-0.1, -0.05) is 12.1 Å². The zero-order valence-corrected chi connectivity index (χ0v) is 18.6. The highest BCUT2D eigenvalue weighted by Gasteiger charge is 2.38. The van der Waals surface area contributed by atoms with Crippen molar-refractivity contribution < 1.29 is 27.8 Å². The number of nitrogens with zero attached hydrogens (tertiary/aromatic N) is 5. The summed E-state index contributed by atoms with van der Waals surface area (Å²) in [5, 5.41) is 16.0. The Morgan fingerprint density at radius 3 is 2.35 bits per heavy atom. The number of anilines is 2. The van der Waals surface area contributed by atoms with Crippen molar-refractivity contribution in [3.63, 3.8) is 0 Å². The number of ether oxygens (including phenoxy) is 1. The van der Waals surface area contributed by atoms with Crippen LogP contribution in [0.5, 0.6) is 5.75 Å². The highest BCUT2D eigenvalue weighted by molar-refractivity contribution is 5.73. The van der Waals surface area contributed by atoms with E-state index in [1.807, 2.05) is 42.7 Å². The van der Waals surface area contributed by atoms with Gasteiger partial charge in [-0.25, -0.2) is 4.79 Å². The van der Waals surface area contributed by atoms with E-state index in [4.69, 9.17) is 14.6 Å². The van der Waals surface area contributed by atoms with Gasteiger partial charge in [-0.05, 0) is 43.3 Å². The number of piperazine rings is 1. The van der Waals surface area contributed by atoms with Crippen LogP contribution in [0.2, 0.25) is 0 Å². The standard InChI is InChI=1S/C21H23N5O.C2HF3O2/c1-16-15-25(12-13-26(16)18-8-10-22-11-9-18)21-7-6-20(23-24-21)17-4-3-5-19(14-17)27-2;3-2(4,5)1(6)7/h3-11,14,16H,12-13,15H2,1-2H3;(H,6,7). The molecular formula is C23H24F3N5O3. The summed E-state index contributed by atoms with van der Waals surface area (Å²) in [7, 11) is 1.67. The number of aliphatic carboxylic acids is 1. The lowest BCUT2D eigenvalue weighted by Gasteiger charge is -2.41. The van der Waals surface area contributed by atoms with E-state index in [0.29, 0.717) is 6.04 Å². The van der Waals surface area contributed by atoms with E-state index in [1.54, 1.807) is 7.11 Å². The summed E-state index contributed by atoms with van der Waals surface area (Å²) < 4.78 is 37.0. The summed E-state index contributed by atoms with van der Waals surface area (Å²) in [6, 6.07) is 16.5. The number of alkyl halides is 3. The molecule has 0 saturated carbocycles. The molecule has 34 heavy (non-hydrogen) atoms. The maximum Gasteiger partial charge on any atom is 0.490 e. The maximum absolute atomic E-state index is 10.6. The van der Waals surface area contributed by atoms with Gasteiger partial charge < -0.3 is 19.6 Å². The van der Waals surface area contributed by atoms with Crippen molar-refractivity contribution in [3.05, 3.63) is 60.9 Å². The molecule has 1 atom stereocenters. The number of hydrogen-bond donors (Lipinski definition) is 1. The van der Waals surface area contributed by atoms with Gasteiger partial charge in [0.25, 0.3) is 0 Å². The van der Waals surface area contributed by atoms with Gasteiger partial charge in [0.2, 0.25) is 0 Å². The predicted molar refractivity (Wildman–Crippen MR) is 121 cm³/mol. The smallest absolute Gasteiger partial charge is 0.490 e. The molecule has 4 rings (SSSR count). The molecular weight excluding hydrogens is 451 g/mol. The average molecular weight is 475 g/mol. The molecule has 8 nitrogen and oxygen atoms in total. The minimum Gasteiger partial charge on any atom is -0.497 e. The Bertz CT molecular complexity index is 1080. The van der Waals surface area contributed by atoms with Crippen molar-refractivity contribution in [2.45, 2.75) is 19.1 Å². The number of carboxylic acids is 1. The van der Waals surface area contributed by atoms with Crippen LogP contribution >= 0.6 is 0 Å². The van der Waals surface area contributed by atoms with Crippen molar-refractivity contribution in [1.82, 2.24) is 15.2 Å². The molecule has 1 N–H and O–H groups in total. The topological polar surface area (TPSA) is 91.7 Å². The first kappa shape index (κ1) is 24.7. The highest BCUT2D eigenvalue weighted by atomic mass is 19.4. The van der Waals surface area contributed by atoms with Crippen molar-refractivity contribution in [1.29, 1.82) is 0 Å². The van der Waals surface area contributed by atoms with Crippen LogP contribution in [0.25, 0.3) is 11.3 Å². The van der Waals surface area contributed by atoms with Gasteiger partial charge in [-0.3, -0.25) is 4.98 Å². The van der Waals surface area contributed by atoms with Crippen molar-refractivity contribution in [3.8, 4) is 17.0 Å². The van der Waals surface area contributed by atoms with E-state index in [2.05, 4.69) is 50.1 Å². The van der Waals surface area contributed by atoms with Crippen LogP contribution in [-0.2, 0) is 4.79 Å². The number of carbonyl (C=O) groups is 1. The van der Waals surface area contributed by atoms with E-state index < -0.39 is 12.1 Å². The van der Waals surface area contributed by atoms with Gasteiger partial charge in [-0.15, -0.1) is 10.2 Å². The highest BCUT2D eigenvalue weighted by Crippen LogP contribution is 2.25. The van der Waals surface area contributed by atoms with E-state index in [0.717, 1.165) is 42.5 Å². The molecule has 1 aromatic carbocycles. The third-order valence-electron chi connectivity index (χ3n) is 5.20. The predicted octanol–water partition coefficient (Wildman–Crippen LogP) is 3.90. The fraction of sp³-hybridized carbons (Fsp3) is 0.304. The zero-order chi connectivity index (χ0) is 24.7. The zero-order valence-electron chi connectivity index (χ0n) is 18.6. The Labute approximate surface area is 194 Å². The van der Waals surface area contributed by atoms with Crippen LogP contribution in [0.1, 0.15) is 6.92 Å². The first-order chi connectivity index (χ1) is 16.2. The summed E-state index contributed by atoms with van der Waals surface area (Å²) >= 11 is 0. The molecule has 1 fully saturated rings. The number of hydrogen-bond acceptors (Lipinski definition) is 7. The second-order valence-electron chi connectivity index (χ2n) is 7.51. The van der Waals surface area contributed by atoms with E-state index in [9.17, 15) is 13.2 Å². The molecule has 1 saturated heterocycles. The van der Waals surface area contributed by atoms with Gasteiger partial charge in [-0.2, -0.15) is 13.2 Å². The molecule has 0 bridgehead atoms. The number of carboxylic acid groups (broad SMARTS) is 1. The van der Waals surface area contributed by atoms with Crippen molar-refractivity contribution in [2.75, 3.05) is 36.5 Å². The molecule has 2 aromatic heterocycles. The average Bonchev–Trinajstić information content (AvgIpc) is 2.84. The molecule has 3 heterocycles. The SMILES string of the molecule is COc1cccc(-c2ccc(N3CCN(c4ccncc4)C(C)C3)nn2)c1.O=C(O)C(F)(F)F. The fourth-order valence-electron chi connectivity index (χ4n) is 3.52. The number of halogens is 3. The molecule has 0 aliphatic carbocycles. The molecule has 0 radical (unpaired) electrons. The normalized spacial score (nSPS) is 15.9. The van der Waals surface area contributed by atoms with E-state index in [1.165, 1.54) is 5.69 Å². The number of pyridine rings is 1. The van der Waals surface area contributed by atoms with Crippen molar-refractivity contribution >= 4 is 17.5 Å². The van der Waals surface area contributed by atoms with Gasteiger partial charge in [0, 0.05) is 49.3 Å². The third kappa shape index (κ3) is 6.33. The maximum atomic E-state index is 10.6. The van der Waals surface area contributed by atoms with Gasteiger partial charge in [0.1, 0.15) is 5.75 Å². The monoisotopic (exact) mass is 475 g/mol. The minimum absolute atomic E-state index is 0.390. The van der Waals surface area contributed by atoms with Gasteiger partial charge >= 0.3 is 12.1 Å². The Balaban J connectivity index is 0.000000406. The minimum atomic E-state index is -5.08. The van der Waals surface area contributed by atoms with Crippen LogP contribution in [-0.4, -0.2) is 65.2 Å². The first-order valence-electron chi connectivity index (χ1n) is 10.4. The quantitative estimate of drug-likeness (QED) is 0.608. The molecule has 1 aliphatic heterocycles. The van der Waals surface area contributed by atoms with Crippen LogP contribution in [0.3, 0.4) is 0 Å². The first-order valence-corrected chi connectivity index (χ1v) is 10.4. The molecule has 0 spiro atoms. The largest absolute Gasteiger partial charge is 0.497 e. The third-order valence-corrected chi connectivity index (χ3v) is 5.20. The summed E-state index contributed by atoms with van der Waals surface area (Å²) in [6.07, 6.45) is -1.39. The molecule has 180 valence electrons. The molecule has 11 heteroatoms.